The van der Waals surface area contributed by atoms with E-state index in [1.165, 1.54) is 17.6 Å². The molecule has 2 atom stereocenters. The summed E-state index contributed by atoms with van der Waals surface area (Å²) in [7, 11) is 0. The van der Waals surface area contributed by atoms with Crippen molar-refractivity contribution in [3.05, 3.63) is 80.0 Å². The van der Waals surface area contributed by atoms with Gasteiger partial charge in [0.1, 0.15) is 28.4 Å². The van der Waals surface area contributed by atoms with Crippen molar-refractivity contribution >= 4 is 29.0 Å². The second kappa shape index (κ2) is 11.0. The molecule has 0 saturated heterocycles. The number of carbonyl (C=O) groups excluding carboxylic acids is 1. The maximum atomic E-state index is 16.5. The van der Waals surface area contributed by atoms with Crippen molar-refractivity contribution in [1.82, 2.24) is 24.6 Å². The summed E-state index contributed by atoms with van der Waals surface area (Å²) >= 11 is 6.56. The molecule has 2 aliphatic heterocycles. The van der Waals surface area contributed by atoms with Gasteiger partial charge in [0.05, 0.1) is 29.3 Å². The van der Waals surface area contributed by atoms with Crippen LogP contribution in [-0.4, -0.2) is 37.6 Å². The lowest BCUT2D eigenvalue weighted by molar-refractivity contribution is -0.120. The molecule has 0 saturated carbocycles. The van der Waals surface area contributed by atoms with Crippen LogP contribution in [0.5, 0.6) is 5.75 Å². The highest BCUT2D eigenvalue weighted by atomic mass is 35.5. The maximum absolute atomic E-state index is 16.5. The lowest BCUT2D eigenvalue weighted by Gasteiger charge is -2.30. The van der Waals surface area contributed by atoms with Crippen molar-refractivity contribution in [2.45, 2.75) is 70.9 Å². The number of fused-ring (bicyclic) bond motifs is 4. The summed E-state index contributed by atoms with van der Waals surface area (Å²) < 4.78 is 70.3. The molecule has 0 spiro atoms. The predicted molar refractivity (Wildman–Crippen MR) is 154 cm³/mol. The van der Waals surface area contributed by atoms with Crippen LogP contribution in [0.2, 0.25) is 5.02 Å². The van der Waals surface area contributed by atoms with Crippen molar-refractivity contribution in [2.75, 3.05) is 6.54 Å². The van der Waals surface area contributed by atoms with E-state index in [9.17, 15) is 14.0 Å². The number of pyridine rings is 2. The number of ether oxygens (including phenoxy) is 1. The third-order valence-electron chi connectivity index (χ3n) is 7.84. The molecule has 3 aromatic heterocycles. The van der Waals surface area contributed by atoms with E-state index < -0.39 is 52.9 Å². The van der Waals surface area contributed by atoms with Crippen LogP contribution in [0.3, 0.4) is 0 Å². The topological polar surface area (TPSA) is 103 Å². The van der Waals surface area contributed by atoms with Gasteiger partial charge in [0, 0.05) is 33.9 Å². The zero-order chi connectivity index (χ0) is 32.4. The molecule has 1 aliphatic carbocycles. The highest BCUT2D eigenvalue weighted by Crippen LogP contribution is 2.39. The summed E-state index contributed by atoms with van der Waals surface area (Å²) in [5, 5.41) is 6.50. The quantitative estimate of drug-likeness (QED) is 0.431. The minimum Gasteiger partial charge on any atom is -0.482 e. The van der Waals surface area contributed by atoms with Crippen LogP contribution in [0, 0.1) is 17.6 Å². The van der Waals surface area contributed by atoms with Crippen LogP contribution < -0.4 is 15.6 Å². The first kappa shape index (κ1) is 26.7. The molecule has 1 N–H and O–H groups in total. The van der Waals surface area contributed by atoms with E-state index in [1.807, 2.05) is 0 Å². The number of aromatic nitrogens is 4. The third kappa shape index (κ3) is 5.26. The molecular weight excluding hydrogens is 585 g/mol. The van der Waals surface area contributed by atoms with Crippen molar-refractivity contribution in [3.8, 4) is 5.75 Å². The van der Waals surface area contributed by atoms with Crippen LogP contribution in [0.25, 0.3) is 5.70 Å². The first-order chi connectivity index (χ1) is 21.2. The predicted octanol–water partition coefficient (Wildman–Crippen LogP) is 5.25. The molecular formula is C30H30ClF3N6O3. The first-order valence-electron chi connectivity index (χ1n) is 14.9. The van der Waals surface area contributed by atoms with E-state index in [0.29, 0.717) is 25.0 Å². The van der Waals surface area contributed by atoms with Gasteiger partial charge in [-0.1, -0.05) is 18.0 Å². The molecule has 0 radical (unpaired) electrons. The number of hydrogen-bond acceptors (Lipinski definition) is 6. The minimum absolute atomic E-state index is 0.0190. The first-order valence-corrected chi connectivity index (χ1v) is 14.3. The van der Waals surface area contributed by atoms with Gasteiger partial charge in [0.15, 0.2) is 17.5 Å². The molecule has 9 nitrogen and oxygen atoms in total. The van der Waals surface area contributed by atoms with E-state index >= 15 is 8.78 Å². The Morgan fingerprint density at radius 2 is 2.02 bits per heavy atom. The SMILES string of the molecule is [2H]C1([2H])CC(Oc2cc3n(c(=O)c2Cl)C2=C(F)C(n4cc(F)c(C(C)(C)NC(C)=O)n4)=NC[C@@H]2CCCC3)c2ncc(F)cc21. The van der Waals surface area contributed by atoms with E-state index in [-0.39, 0.29) is 52.2 Å². The van der Waals surface area contributed by atoms with Crippen molar-refractivity contribution in [3.63, 3.8) is 0 Å². The fourth-order valence-electron chi connectivity index (χ4n) is 5.95. The Morgan fingerprint density at radius 3 is 2.79 bits per heavy atom. The number of rotatable bonds is 4. The van der Waals surface area contributed by atoms with Gasteiger partial charge in [-0.25, -0.2) is 17.9 Å². The summed E-state index contributed by atoms with van der Waals surface area (Å²) in [5.41, 5.74) is -1.33. The monoisotopic (exact) mass is 616 g/mol. The summed E-state index contributed by atoms with van der Waals surface area (Å²) in [6.07, 6.45) is 1.26. The number of dihydropyridines is 1. The average molecular weight is 617 g/mol. The smallest absolute Gasteiger partial charge is 0.277 e. The van der Waals surface area contributed by atoms with Crippen LogP contribution in [0.4, 0.5) is 13.2 Å². The van der Waals surface area contributed by atoms with Crippen molar-refractivity contribution in [2.24, 2.45) is 10.9 Å². The third-order valence-corrected chi connectivity index (χ3v) is 8.19. The molecule has 1 unspecified atom stereocenters. The van der Waals surface area contributed by atoms with Crippen LogP contribution >= 0.6 is 11.6 Å². The Balaban J connectivity index is 1.41. The number of aryl methyl sites for hydroxylation is 2. The lowest BCUT2D eigenvalue weighted by atomic mass is 9.92. The number of amides is 1. The van der Waals surface area contributed by atoms with Crippen LogP contribution in [0.1, 0.15) is 77.9 Å². The Morgan fingerprint density at radius 1 is 1.23 bits per heavy atom. The van der Waals surface area contributed by atoms with Gasteiger partial charge in [-0.3, -0.25) is 24.1 Å². The van der Waals surface area contributed by atoms with Crippen molar-refractivity contribution < 1.29 is 25.4 Å². The molecule has 3 aromatic rings. The van der Waals surface area contributed by atoms with E-state index in [2.05, 4.69) is 20.4 Å². The van der Waals surface area contributed by atoms with Gasteiger partial charge in [-0.05, 0) is 57.5 Å². The molecule has 226 valence electrons. The number of nitrogens with zero attached hydrogens (tertiary/aromatic N) is 5. The molecule has 6 rings (SSSR count). The van der Waals surface area contributed by atoms with Gasteiger partial charge in [0.25, 0.3) is 5.56 Å². The van der Waals surface area contributed by atoms with E-state index in [0.717, 1.165) is 29.6 Å². The summed E-state index contributed by atoms with van der Waals surface area (Å²) in [4.78, 5) is 34.0. The molecule has 43 heavy (non-hydrogen) atoms. The molecule has 0 aromatic carbocycles. The zero-order valence-electron chi connectivity index (χ0n) is 25.7. The second-order valence-electron chi connectivity index (χ2n) is 11.4. The molecule has 5 heterocycles. The van der Waals surface area contributed by atoms with Gasteiger partial charge in [-0.2, -0.15) is 5.10 Å². The summed E-state index contributed by atoms with van der Waals surface area (Å²) in [6, 6.07) is 2.62. The van der Waals surface area contributed by atoms with Crippen molar-refractivity contribution in [1.29, 1.82) is 0 Å². The normalized spacial score (nSPS) is 21.9. The number of allylic oxidation sites excluding steroid dienone is 1. The number of aliphatic imine (C=N–C) groups is 1. The van der Waals surface area contributed by atoms with Crippen LogP contribution in [0.15, 0.2) is 40.1 Å². The molecule has 13 heteroatoms. The fourth-order valence-corrected chi connectivity index (χ4v) is 6.14. The number of carbonyl (C=O) groups is 1. The molecule has 0 fully saturated rings. The summed E-state index contributed by atoms with van der Waals surface area (Å²) in [6.45, 7) is 4.54. The summed E-state index contributed by atoms with van der Waals surface area (Å²) in [5.74, 6) is -3.49. The Kier molecular flexibility index (Phi) is 6.80. The average Bonchev–Trinajstić information content (AvgIpc) is 3.45. The maximum Gasteiger partial charge on any atom is 0.277 e. The molecule has 0 bridgehead atoms. The number of nitrogens with one attached hydrogen (secondary N) is 1. The largest absolute Gasteiger partial charge is 0.482 e. The van der Waals surface area contributed by atoms with E-state index in [4.69, 9.17) is 19.1 Å². The number of hydrogen-bond donors (Lipinski definition) is 1. The second-order valence-corrected chi connectivity index (χ2v) is 11.8. The van der Waals surface area contributed by atoms with Crippen LogP contribution in [-0.2, 0) is 23.1 Å². The lowest BCUT2D eigenvalue weighted by Crippen LogP contribution is -2.41. The van der Waals surface area contributed by atoms with Gasteiger partial charge >= 0.3 is 0 Å². The Hall–Kier alpha value is -3.93. The Labute approximate surface area is 253 Å². The van der Waals surface area contributed by atoms with Gasteiger partial charge in [-0.15, -0.1) is 0 Å². The van der Waals surface area contributed by atoms with Gasteiger partial charge in [0.2, 0.25) is 5.91 Å². The standard InChI is InChI=1S/C30H30ClF3N6O3/c1-15(41)37-30(2,3)27-20(33)14-39(38-27)28-24(34)26-17(12-36-28)6-4-5-7-19-11-22(23(31)29(42)40(19)26)43-21-9-8-16-10-18(32)13-35-25(16)21/h10-11,13-14,17,21H,4-9,12H2,1-3H3,(H,37,41)/t17-,21?/m0/s1/i8D2. The highest BCUT2D eigenvalue weighted by molar-refractivity contribution is 6.31. The molecule has 1 amide bonds. The van der Waals surface area contributed by atoms with E-state index in [1.54, 1.807) is 13.8 Å². The zero-order valence-corrected chi connectivity index (χ0v) is 24.4. The van der Waals surface area contributed by atoms with Gasteiger partial charge < -0.3 is 10.1 Å². The molecule has 3 aliphatic rings. The fraction of sp³-hybridized carbons (Fsp3) is 0.433. The number of halogens is 4. The minimum atomic E-state index is -1.91. The Bertz CT molecular complexity index is 1850. The highest BCUT2D eigenvalue weighted by Gasteiger charge is 2.36.